The predicted molar refractivity (Wildman–Crippen MR) is 69.0 cm³/mol. The van der Waals surface area contributed by atoms with E-state index >= 15 is 0 Å². The maximum atomic E-state index is 11.5. The number of hydrogen-bond donors (Lipinski definition) is 2. The zero-order chi connectivity index (χ0) is 13.5. The van der Waals surface area contributed by atoms with Crippen LogP contribution >= 0.6 is 0 Å². The molecule has 0 bridgehead atoms. The van der Waals surface area contributed by atoms with Crippen molar-refractivity contribution in [1.29, 1.82) is 0 Å². The third-order valence-corrected chi connectivity index (χ3v) is 2.57. The van der Waals surface area contributed by atoms with Gasteiger partial charge in [-0.05, 0) is 27.2 Å². The molecular weight excluding hydrogens is 218 g/mol. The van der Waals surface area contributed by atoms with Crippen molar-refractivity contribution < 1.29 is 14.6 Å². The quantitative estimate of drug-likeness (QED) is 0.756. The van der Waals surface area contributed by atoms with E-state index in [0.717, 1.165) is 19.3 Å². The molecule has 102 valence electrons. The number of aliphatic hydroxyl groups is 1. The summed E-state index contributed by atoms with van der Waals surface area (Å²) in [6.07, 6.45) is 2.61. The Bertz CT molecular complexity index is 235. The second-order valence-electron chi connectivity index (χ2n) is 5.93. The number of amides is 1. The molecule has 4 heteroatoms. The van der Waals surface area contributed by atoms with Gasteiger partial charge in [-0.1, -0.05) is 26.7 Å². The molecule has 0 aliphatic rings. The Morgan fingerprint density at radius 1 is 1.29 bits per heavy atom. The van der Waals surface area contributed by atoms with E-state index in [-0.39, 0.29) is 12.0 Å². The highest BCUT2D eigenvalue weighted by molar-refractivity contribution is 5.67. The molecule has 0 heterocycles. The maximum Gasteiger partial charge on any atom is 0.407 e. The first-order valence-electron chi connectivity index (χ1n) is 6.30. The number of hydrogen-bond acceptors (Lipinski definition) is 3. The van der Waals surface area contributed by atoms with E-state index in [9.17, 15) is 9.90 Å². The number of carbonyl (C=O) groups is 1. The highest BCUT2D eigenvalue weighted by atomic mass is 16.6. The molecule has 1 amide bonds. The fourth-order valence-electron chi connectivity index (χ4n) is 1.43. The molecular formula is C13H27NO3. The average Bonchev–Trinajstić information content (AvgIpc) is 2.21. The standard InChI is InChI=1S/C13H27NO3/c1-6-7-8-13(5,10-15)9-14-11(16)17-12(2,3)4/h15H,6-10H2,1-5H3,(H,14,16). The Hall–Kier alpha value is -0.770. The minimum atomic E-state index is -0.483. The second kappa shape index (κ2) is 6.84. The maximum absolute atomic E-state index is 11.5. The van der Waals surface area contributed by atoms with Crippen LogP contribution in [0.25, 0.3) is 0 Å². The molecule has 2 N–H and O–H groups in total. The van der Waals surface area contributed by atoms with Crippen LogP contribution in [0.15, 0.2) is 0 Å². The van der Waals surface area contributed by atoms with Gasteiger partial charge in [0.25, 0.3) is 0 Å². The van der Waals surface area contributed by atoms with Gasteiger partial charge in [0.2, 0.25) is 0 Å². The van der Waals surface area contributed by atoms with Crippen LogP contribution in [-0.4, -0.2) is 30.0 Å². The van der Waals surface area contributed by atoms with Gasteiger partial charge in [-0.25, -0.2) is 4.79 Å². The molecule has 1 atom stereocenters. The summed E-state index contributed by atoms with van der Waals surface area (Å²) in [5, 5.41) is 12.1. The molecule has 0 aromatic heterocycles. The van der Waals surface area contributed by atoms with Crippen molar-refractivity contribution in [2.45, 2.75) is 59.5 Å². The van der Waals surface area contributed by atoms with Crippen LogP contribution < -0.4 is 5.32 Å². The fraction of sp³-hybridized carbons (Fsp3) is 0.923. The Balaban J connectivity index is 4.09. The largest absolute Gasteiger partial charge is 0.444 e. The lowest BCUT2D eigenvalue weighted by Gasteiger charge is -2.28. The van der Waals surface area contributed by atoms with Gasteiger partial charge in [0, 0.05) is 12.0 Å². The molecule has 0 saturated carbocycles. The molecule has 0 aromatic rings. The second-order valence-corrected chi connectivity index (χ2v) is 5.93. The first-order valence-corrected chi connectivity index (χ1v) is 6.30. The smallest absolute Gasteiger partial charge is 0.407 e. The molecule has 0 saturated heterocycles. The molecule has 4 nitrogen and oxygen atoms in total. The van der Waals surface area contributed by atoms with Gasteiger partial charge in [0.1, 0.15) is 5.60 Å². The van der Waals surface area contributed by atoms with E-state index in [4.69, 9.17) is 4.74 Å². The van der Waals surface area contributed by atoms with Crippen molar-refractivity contribution in [2.24, 2.45) is 5.41 Å². The molecule has 0 fully saturated rings. The van der Waals surface area contributed by atoms with Gasteiger partial charge in [0.05, 0.1) is 6.61 Å². The first kappa shape index (κ1) is 16.2. The highest BCUT2D eigenvalue weighted by Crippen LogP contribution is 2.22. The van der Waals surface area contributed by atoms with Crippen LogP contribution in [0.3, 0.4) is 0 Å². The molecule has 1 unspecified atom stereocenters. The lowest BCUT2D eigenvalue weighted by atomic mass is 9.86. The minimum absolute atomic E-state index is 0.0722. The number of nitrogens with one attached hydrogen (secondary N) is 1. The molecule has 0 spiro atoms. The summed E-state index contributed by atoms with van der Waals surface area (Å²) in [5.74, 6) is 0. The molecule has 0 aliphatic heterocycles. The summed E-state index contributed by atoms with van der Waals surface area (Å²) in [5.41, 5.74) is -0.740. The minimum Gasteiger partial charge on any atom is -0.444 e. The van der Waals surface area contributed by atoms with Gasteiger partial charge in [-0.15, -0.1) is 0 Å². The molecule has 0 rings (SSSR count). The number of rotatable bonds is 6. The monoisotopic (exact) mass is 245 g/mol. The van der Waals surface area contributed by atoms with Crippen LogP contribution in [0.2, 0.25) is 0 Å². The van der Waals surface area contributed by atoms with Gasteiger partial charge in [0.15, 0.2) is 0 Å². The third kappa shape index (κ3) is 8.02. The predicted octanol–water partition coefficient (Wildman–Crippen LogP) is 2.70. The molecule has 0 aliphatic carbocycles. The van der Waals surface area contributed by atoms with Crippen molar-refractivity contribution >= 4 is 6.09 Å². The van der Waals surface area contributed by atoms with E-state index in [2.05, 4.69) is 12.2 Å². The lowest BCUT2D eigenvalue weighted by Crippen LogP contribution is -2.40. The highest BCUT2D eigenvalue weighted by Gasteiger charge is 2.25. The van der Waals surface area contributed by atoms with Crippen LogP contribution in [0.5, 0.6) is 0 Å². The molecule has 17 heavy (non-hydrogen) atoms. The molecule has 0 aromatic carbocycles. The Kier molecular flexibility index (Phi) is 6.53. The van der Waals surface area contributed by atoms with E-state index < -0.39 is 11.7 Å². The van der Waals surface area contributed by atoms with E-state index in [0.29, 0.717) is 6.54 Å². The summed E-state index contributed by atoms with van der Waals surface area (Å²) >= 11 is 0. The summed E-state index contributed by atoms with van der Waals surface area (Å²) < 4.78 is 5.15. The zero-order valence-electron chi connectivity index (χ0n) is 11.8. The summed E-state index contributed by atoms with van der Waals surface area (Å²) in [4.78, 5) is 11.5. The zero-order valence-corrected chi connectivity index (χ0v) is 11.8. The third-order valence-electron chi connectivity index (χ3n) is 2.57. The Labute approximate surface area is 105 Å². The van der Waals surface area contributed by atoms with Crippen LogP contribution in [0, 0.1) is 5.41 Å². The van der Waals surface area contributed by atoms with Crippen LogP contribution in [0.1, 0.15) is 53.9 Å². The van der Waals surface area contributed by atoms with Crippen molar-refractivity contribution in [1.82, 2.24) is 5.32 Å². The van der Waals surface area contributed by atoms with E-state index in [1.807, 2.05) is 27.7 Å². The number of ether oxygens (including phenoxy) is 1. The Morgan fingerprint density at radius 3 is 2.29 bits per heavy atom. The van der Waals surface area contributed by atoms with Gasteiger partial charge < -0.3 is 15.2 Å². The van der Waals surface area contributed by atoms with Gasteiger partial charge in [-0.3, -0.25) is 0 Å². The summed E-state index contributed by atoms with van der Waals surface area (Å²) in [6, 6.07) is 0. The van der Waals surface area contributed by atoms with Crippen molar-refractivity contribution in [3.63, 3.8) is 0 Å². The first-order chi connectivity index (χ1) is 7.72. The number of carbonyl (C=O) groups excluding carboxylic acids is 1. The van der Waals surface area contributed by atoms with Crippen molar-refractivity contribution in [3.05, 3.63) is 0 Å². The Morgan fingerprint density at radius 2 is 1.88 bits per heavy atom. The van der Waals surface area contributed by atoms with Crippen molar-refractivity contribution in [3.8, 4) is 0 Å². The van der Waals surface area contributed by atoms with Gasteiger partial charge >= 0.3 is 6.09 Å². The number of alkyl carbamates (subject to hydrolysis) is 1. The number of aliphatic hydroxyl groups excluding tert-OH is 1. The average molecular weight is 245 g/mol. The van der Waals surface area contributed by atoms with Crippen LogP contribution in [-0.2, 0) is 4.74 Å². The molecule has 0 radical (unpaired) electrons. The summed E-state index contributed by atoms with van der Waals surface area (Å²) in [6.45, 7) is 10.1. The van der Waals surface area contributed by atoms with E-state index in [1.165, 1.54) is 0 Å². The lowest BCUT2D eigenvalue weighted by molar-refractivity contribution is 0.0471. The SMILES string of the molecule is CCCCC(C)(CO)CNC(=O)OC(C)(C)C. The van der Waals surface area contributed by atoms with Crippen LogP contribution in [0.4, 0.5) is 4.79 Å². The van der Waals surface area contributed by atoms with Gasteiger partial charge in [-0.2, -0.15) is 0 Å². The van der Waals surface area contributed by atoms with E-state index in [1.54, 1.807) is 0 Å². The number of unbranched alkanes of at least 4 members (excludes halogenated alkanes) is 1. The summed E-state index contributed by atoms with van der Waals surface area (Å²) in [7, 11) is 0. The topological polar surface area (TPSA) is 58.6 Å². The fourth-order valence-corrected chi connectivity index (χ4v) is 1.43. The normalized spacial score (nSPS) is 15.2. The van der Waals surface area contributed by atoms with Crippen molar-refractivity contribution in [2.75, 3.05) is 13.2 Å².